The molecule has 0 aromatic heterocycles. The van der Waals surface area contributed by atoms with Crippen LogP contribution in [0.3, 0.4) is 0 Å². The summed E-state index contributed by atoms with van der Waals surface area (Å²) in [6.07, 6.45) is 3.14. The van der Waals surface area contributed by atoms with Crippen molar-refractivity contribution in [3.63, 3.8) is 0 Å². The summed E-state index contributed by atoms with van der Waals surface area (Å²) < 4.78 is 0. The summed E-state index contributed by atoms with van der Waals surface area (Å²) in [7, 11) is 1.82. The number of hydrogen-bond acceptors (Lipinski definition) is 3. The van der Waals surface area contributed by atoms with Gasteiger partial charge in [-0.1, -0.05) is 6.92 Å². The Kier molecular flexibility index (Phi) is 4.74. The zero-order chi connectivity index (χ0) is 12.2. The van der Waals surface area contributed by atoms with E-state index in [2.05, 4.69) is 12.2 Å². The second-order valence-corrected chi connectivity index (χ2v) is 4.83. The molecular formula is C12H24N2O2. The predicted molar refractivity (Wildman–Crippen MR) is 64.2 cm³/mol. The van der Waals surface area contributed by atoms with Crippen molar-refractivity contribution in [3.05, 3.63) is 0 Å². The Balaban J connectivity index is 2.54. The van der Waals surface area contributed by atoms with Crippen LogP contribution in [0.15, 0.2) is 0 Å². The van der Waals surface area contributed by atoms with Crippen LogP contribution in [-0.4, -0.2) is 47.7 Å². The van der Waals surface area contributed by atoms with E-state index in [1.54, 1.807) is 11.8 Å². The van der Waals surface area contributed by atoms with Crippen LogP contribution < -0.4 is 5.32 Å². The van der Waals surface area contributed by atoms with Crippen LogP contribution in [0.5, 0.6) is 0 Å². The Morgan fingerprint density at radius 3 is 2.75 bits per heavy atom. The van der Waals surface area contributed by atoms with Gasteiger partial charge in [0.2, 0.25) is 5.91 Å². The Morgan fingerprint density at radius 2 is 2.31 bits per heavy atom. The van der Waals surface area contributed by atoms with Crippen molar-refractivity contribution in [1.29, 1.82) is 0 Å². The second kappa shape index (κ2) is 5.64. The van der Waals surface area contributed by atoms with Gasteiger partial charge in [-0.15, -0.1) is 0 Å². The van der Waals surface area contributed by atoms with Crippen molar-refractivity contribution in [2.45, 2.75) is 51.2 Å². The van der Waals surface area contributed by atoms with Gasteiger partial charge in [0.15, 0.2) is 0 Å². The minimum Gasteiger partial charge on any atom is -0.393 e. The summed E-state index contributed by atoms with van der Waals surface area (Å²) in [6, 6.07) is 0. The number of carbonyl (C=O) groups is 1. The molecule has 0 radical (unpaired) electrons. The van der Waals surface area contributed by atoms with Crippen molar-refractivity contribution >= 4 is 5.91 Å². The van der Waals surface area contributed by atoms with Crippen LogP contribution in [0.25, 0.3) is 0 Å². The van der Waals surface area contributed by atoms with Crippen LogP contribution in [0.2, 0.25) is 0 Å². The number of aliphatic hydroxyl groups is 1. The van der Waals surface area contributed by atoms with E-state index in [0.717, 1.165) is 25.8 Å². The van der Waals surface area contributed by atoms with Crippen molar-refractivity contribution in [3.8, 4) is 0 Å². The number of aliphatic hydroxyl groups excluding tert-OH is 1. The topological polar surface area (TPSA) is 52.6 Å². The summed E-state index contributed by atoms with van der Waals surface area (Å²) in [5.41, 5.74) is -0.340. The lowest BCUT2D eigenvalue weighted by Crippen LogP contribution is -2.53. The molecule has 4 nitrogen and oxygen atoms in total. The highest BCUT2D eigenvalue weighted by atomic mass is 16.3. The normalized spacial score (nSPS) is 26.8. The average Bonchev–Trinajstić information content (AvgIpc) is 2.74. The third-order valence-corrected chi connectivity index (χ3v) is 3.49. The maximum absolute atomic E-state index is 12.3. The molecule has 0 saturated carbocycles. The van der Waals surface area contributed by atoms with Gasteiger partial charge in [-0.3, -0.25) is 4.79 Å². The first-order valence-electron chi connectivity index (χ1n) is 6.20. The smallest absolute Gasteiger partial charge is 0.242 e. The predicted octanol–water partition coefficient (Wildman–Crippen LogP) is 0.748. The highest BCUT2D eigenvalue weighted by Gasteiger charge is 2.40. The average molecular weight is 228 g/mol. The van der Waals surface area contributed by atoms with E-state index in [0.29, 0.717) is 13.0 Å². The van der Waals surface area contributed by atoms with Crippen LogP contribution in [0, 0.1) is 0 Å². The molecule has 2 N–H and O–H groups in total. The van der Waals surface area contributed by atoms with E-state index in [9.17, 15) is 9.90 Å². The SMILES string of the molecule is CCC1(C(=O)N(C)CCC(C)O)CCCN1. The molecule has 94 valence electrons. The zero-order valence-electron chi connectivity index (χ0n) is 10.6. The van der Waals surface area contributed by atoms with Gasteiger partial charge in [0.05, 0.1) is 11.6 Å². The summed E-state index contributed by atoms with van der Waals surface area (Å²) in [6.45, 7) is 5.37. The highest BCUT2D eigenvalue weighted by Crippen LogP contribution is 2.25. The van der Waals surface area contributed by atoms with Crippen molar-refractivity contribution in [2.24, 2.45) is 0 Å². The summed E-state index contributed by atoms with van der Waals surface area (Å²) in [5, 5.41) is 12.6. The molecule has 0 aromatic rings. The molecular weight excluding hydrogens is 204 g/mol. The molecule has 1 heterocycles. The molecule has 0 spiro atoms. The van der Waals surface area contributed by atoms with Gasteiger partial charge in [0.25, 0.3) is 0 Å². The van der Waals surface area contributed by atoms with Crippen LogP contribution in [-0.2, 0) is 4.79 Å². The first kappa shape index (κ1) is 13.5. The van der Waals surface area contributed by atoms with Crippen molar-refractivity contribution in [1.82, 2.24) is 10.2 Å². The van der Waals surface area contributed by atoms with Gasteiger partial charge < -0.3 is 15.3 Å². The zero-order valence-corrected chi connectivity index (χ0v) is 10.6. The first-order chi connectivity index (χ1) is 7.52. The lowest BCUT2D eigenvalue weighted by atomic mass is 9.92. The number of rotatable bonds is 5. The Bertz CT molecular complexity index is 235. The summed E-state index contributed by atoms with van der Waals surface area (Å²) in [4.78, 5) is 14.0. The van der Waals surface area contributed by atoms with Gasteiger partial charge in [-0.2, -0.15) is 0 Å². The molecule has 2 unspecified atom stereocenters. The van der Waals surface area contributed by atoms with E-state index < -0.39 is 0 Å². The fourth-order valence-electron chi connectivity index (χ4n) is 2.29. The number of nitrogens with one attached hydrogen (secondary N) is 1. The number of amides is 1. The molecule has 1 rings (SSSR count). The van der Waals surface area contributed by atoms with Gasteiger partial charge in [0.1, 0.15) is 0 Å². The Labute approximate surface area is 98.0 Å². The molecule has 2 atom stereocenters. The molecule has 1 amide bonds. The van der Waals surface area contributed by atoms with E-state index in [-0.39, 0.29) is 17.6 Å². The van der Waals surface area contributed by atoms with E-state index in [1.807, 2.05) is 7.05 Å². The third kappa shape index (κ3) is 2.95. The molecule has 0 aliphatic carbocycles. The van der Waals surface area contributed by atoms with Crippen LogP contribution >= 0.6 is 0 Å². The van der Waals surface area contributed by atoms with Gasteiger partial charge >= 0.3 is 0 Å². The van der Waals surface area contributed by atoms with Crippen LogP contribution in [0.1, 0.15) is 39.5 Å². The first-order valence-corrected chi connectivity index (χ1v) is 6.20. The van der Waals surface area contributed by atoms with Gasteiger partial charge in [0, 0.05) is 13.6 Å². The van der Waals surface area contributed by atoms with E-state index in [1.165, 1.54) is 0 Å². The molecule has 0 bridgehead atoms. The van der Waals surface area contributed by atoms with Crippen molar-refractivity contribution < 1.29 is 9.90 Å². The molecule has 0 aromatic carbocycles. The number of hydrogen-bond donors (Lipinski definition) is 2. The van der Waals surface area contributed by atoms with Gasteiger partial charge in [-0.05, 0) is 39.2 Å². The van der Waals surface area contributed by atoms with Crippen molar-refractivity contribution in [2.75, 3.05) is 20.1 Å². The molecule has 1 saturated heterocycles. The van der Waals surface area contributed by atoms with E-state index in [4.69, 9.17) is 0 Å². The van der Waals surface area contributed by atoms with Crippen LogP contribution in [0.4, 0.5) is 0 Å². The standard InChI is InChI=1S/C12H24N2O2/c1-4-12(7-5-8-13-12)11(16)14(3)9-6-10(2)15/h10,13,15H,4-9H2,1-3H3. The second-order valence-electron chi connectivity index (χ2n) is 4.83. The molecule has 1 fully saturated rings. The quantitative estimate of drug-likeness (QED) is 0.730. The minimum atomic E-state index is -0.343. The molecule has 1 aliphatic heterocycles. The molecule has 4 heteroatoms. The number of likely N-dealkylation sites (N-methyl/N-ethyl adjacent to an activating group) is 1. The molecule has 16 heavy (non-hydrogen) atoms. The summed E-state index contributed by atoms with van der Waals surface area (Å²) >= 11 is 0. The third-order valence-electron chi connectivity index (χ3n) is 3.49. The molecule has 1 aliphatic rings. The Morgan fingerprint density at radius 1 is 1.62 bits per heavy atom. The van der Waals surface area contributed by atoms with Gasteiger partial charge in [-0.25, -0.2) is 0 Å². The minimum absolute atomic E-state index is 0.174. The maximum atomic E-state index is 12.3. The largest absolute Gasteiger partial charge is 0.393 e. The fourth-order valence-corrected chi connectivity index (χ4v) is 2.29. The monoisotopic (exact) mass is 228 g/mol. The Hall–Kier alpha value is -0.610. The highest BCUT2D eigenvalue weighted by molar-refractivity contribution is 5.86. The fraction of sp³-hybridized carbons (Fsp3) is 0.917. The summed E-state index contributed by atoms with van der Waals surface area (Å²) in [5.74, 6) is 0.174. The van der Waals surface area contributed by atoms with E-state index >= 15 is 0 Å². The lowest BCUT2D eigenvalue weighted by Gasteiger charge is -2.32. The lowest BCUT2D eigenvalue weighted by molar-refractivity contribution is -0.136. The number of carbonyl (C=O) groups excluding carboxylic acids is 1. The number of nitrogens with zero attached hydrogens (tertiary/aromatic N) is 1. The maximum Gasteiger partial charge on any atom is 0.242 e.